The SMILES string of the molecule is Cc1ccc(NCc2nc3c([se]c4c3c(C)nn4-c3ccccc3)c(=O)[nH]2)cc1. The monoisotopic (exact) mass is 449 g/mol. The first-order valence-electron chi connectivity index (χ1n) is 9.37. The Kier molecular flexibility index (Phi) is 4.34. The molecular formula is C22H19N5OSe. The number of rotatable bonds is 4. The molecule has 0 radical (unpaired) electrons. The van der Waals surface area contributed by atoms with Crippen molar-refractivity contribution in [2.24, 2.45) is 0 Å². The molecular weight excluding hydrogens is 429 g/mol. The minimum absolute atomic E-state index is 0.0501. The average Bonchev–Trinajstić information content (AvgIpc) is 3.27. The number of para-hydroxylation sites is 1. The predicted molar refractivity (Wildman–Crippen MR) is 117 cm³/mol. The third kappa shape index (κ3) is 3.18. The van der Waals surface area contributed by atoms with Crippen molar-refractivity contribution in [3.63, 3.8) is 0 Å². The molecule has 7 heteroatoms. The van der Waals surface area contributed by atoms with Gasteiger partial charge in [-0.3, -0.25) is 0 Å². The summed E-state index contributed by atoms with van der Waals surface area (Å²) in [6, 6.07) is 18.2. The van der Waals surface area contributed by atoms with Crippen molar-refractivity contribution in [1.29, 1.82) is 0 Å². The van der Waals surface area contributed by atoms with Gasteiger partial charge in [0, 0.05) is 0 Å². The number of aryl methyl sites for hydroxylation is 2. The number of aromatic nitrogens is 4. The zero-order valence-corrected chi connectivity index (χ0v) is 17.8. The predicted octanol–water partition coefficient (Wildman–Crippen LogP) is 3.55. The van der Waals surface area contributed by atoms with E-state index in [0.717, 1.165) is 36.6 Å². The van der Waals surface area contributed by atoms with Crippen molar-refractivity contribution in [3.8, 4) is 5.69 Å². The first kappa shape index (κ1) is 17.9. The van der Waals surface area contributed by atoms with Crippen LogP contribution in [0.4, 0.5) is 5.69 Å². The third-order valence-electron chi connectivity index (χ3n) is 4.89. The van der Waals surface area contributed by atoms with Crippen LogP contribution in [-0.2, 0) is 6.54 Å². The van der Waals surface area contributed by atoms with Crippen molar-refractivity contribution >= 4 is 39.7 Å². The Hall–Kier alpha value is -3.15. The van der Waals surface area contributed by atoms with Crippen LogP contribution >= 0.6 is 0 Å². The van der Waals surface area contributed by atoms with Crippen molar-refractivity contribution < 1.29 is 0 Å². The quantitative estimate of drug-likeness (QED) is 0.413. The molecule has 0 unspecified atom stereocenters. The van der Waals surface area contributed by atoms with Gasteiger partial charge in [-0.15, -0.1) is 0 Å². The molecule has 2 N–H and O–H groups in total. The van der Waals surface area contributed by atoms with E-state index in [1.807, 2.05) is 54.1 Å². The van der Waals surface area contributed by atoms with Gasteiger partial charge in [0.25, 0.3) is 0 Å². The molecule has 0 amide bonds. The number of benzene rings is 2. The fourth-order valence-corrected chi connectivity index (χ4v) is 5.86. The fourth-order valence-electron chi connectivity index (χ4n) is 3.43. The Bertz CT molecular complexity index is 1380. The molecule has 5 aromatic rings. The van der Waals surface area contributed by atoms with Crippen molar-refractivity contribution in [2.75, 3.05) is 5.32 Å². The van der Waals surface area contributed by atoms with E-state index in [1.165, 1.54) is 5.56 Å². The molecule has 6 nitrogen and oxygen atoms in total. The van der Waals surface area contributed by atoms with E-state index < -0.39 is 0 Å². The van der Waals surface area contributed by atoms with Gasteiger partial charge < -0.3 is 0 Å². The summed E-state index contributed by atoms with van der Waals surface area (Å²) in [5.41, 5.74) is 4.84. The van der Waals surface area contributed by atoms with Crippen LogP contribution in [0.1, 0.15) is 17.1 Å². The van der Waals surface area contributed by atoms with Gasteiger partial charge >= 0.3 is 173 Å². The molecule has 5 rings (SSSR count). The molecule has 144 valence electrons. The van der Waals surface area contributed by atoms with Gasteiger partial charge in [0.15, 0.2) is 0 Å². The van der Waals surface area contributed by atoms with Crippen LogP contribution in [-0.4, -0.2) is 34.3 Å². The first-order chi connectivity index (χ1) is 14.1. The van der Waals surface area contributed by atoms with Gasteiger partial charge in [0.2, 0.25) is 0 Å². The van der Waals surface area contributed by atoms with E-state index in [2.05, 4.69) is 29.4 Å². The topological polar surface area (TPSA) is 75.6 Å². The summed E-state index contributed by atoms with van der Waals surface area (Å²) in [5, 5.41) is 9.06. The number of anilines is 1. The number of aromatic amines is 1. The summed E-state index contributed by atoms with van der Waals surface area (Å²) in [7, 11) is 0. The second kappa shape index (κ2) is 7.03. The van der Waals surface area contributed by atoms with Crippen LogP contribution in [0.25, 0.3) is 25.2 Å². The molecule has 0 saturated carbocycles. The Morgan fingerprint density at radius 1 is 1.07 bits per heavy atom. The number of nitrogens with one attached hydrogen (secondary N) is 2. The van der Waals surface area contributed by atoms with E-state index in [0.29, 0.717) is 12.4 Å². The van der Waals surface area contributed by atoms with Gasteiger partial charge in [-0.05, 0) is 0 Å². The number of fused-ring (bicyclic) bond motifs is 3. The van der Waals surface area contributed by atoms with E-state index in [-0.39, 0.29) is 20.1 Å². The molecule has 0 fully saturated rings. The summed E-state index contributed by atoms with van der Waals surface area (Å²) in [6.45, 7) is 4.50. The summed E-state index contributed by atoms with van der Waals surface area (Å²) < 4.78 is 3.81. The average molecular weight is 448 g/mol. The minimum atomic E-state index is -0.134. The normalized spacial score (nSPS) is 11.4. The van der Waals surface area contributed by atoms with E-state index >= 15 is 0 Å². The van der Waals surface area contributed by atoms with Gasteiger partial charge in [0.1, 0.15) is 0 Å². The van der Waals surface area contributed by atoms with Crippen LogP contribution in [0.3, 0.4) is 0 Å². The number of H-pyrrole nitrogens is 1. The van der Waals surface area contributed by atoms with Gasteiger partial charge in [0.05, 0.1) is 0 Å². The van der Waals surface area contributed by atoms with E-state index in [9.17, 15) is 4.79 Å². The fraction of sp³-hybridized carbons (Fsp3) is 0.136. The standard InChI is InChI=1S/C22H19N5OSe/c1-13-8-10-15(11-9-13)23-12-17-24-19-18-14(2)26-27(16-6-4-3-5-7-16)22(18)29-20(19)21(28)25-17/h3-11,23H,12H2,1-2H3,(H,24,25,28). The van der Waals surface area contributed by atoms with E-state index in [4.69, 9.17) is 10.1 Å². The second-order valence-corrected chi connectivity index (χ2v) is 9.12. The number of nitrogens with zero attached hydrogens (tertiary/aromatic N) is 3. The second-order valence-electron chi connectivity index (χ2n) is 7.02. The molecule has 0 atom stereocenters. The van der Waals surface area contributed by atoms with Crippen LogP contribution in [0.2, 0.25) is 0 Å². The van der Waals surface area contributed by atoms with E-state index in [1.54, 1.807) is 0 Å². The molecule has 3 aromatic heterocycles. The molecule has 2 aromatic carbocycles. The molecule has 29 heavy (non-hydrogen) atoms. The van der Waals surface area contributed by atoms with Crippen molar-refractivity contribution in [1.82, 2.24) is 19.7 Å². The molecule has 0 spiro atoms. The summed E-state index contributed by atoms with van der Waals surface area (Å²) >= 11 is -0.134. The van der Waals surface area contributed by atoms with Gasteiger partial charge in [-0.1, -0.05) is 0 Å². The first-order valence-corrected chi connectivity index (χ1v) is 11.1. The Labute approximate surface area is 173 Å². The summed E-state index contributed by atoms with van der Waals surface area (Å²) in [4.78, 5) is 20.5. The van der Waals surface area contributed by atoms with Crippen LogP contribution in [0.5, 0.6) is 0 Å². The van der Waals surface area contributed by atoms with Crippen molar-refractivity contribution in [3.05, 3.63) is 82.0 Å². The van der Waals surface area contributed by atoms with Crippen LogP contribution in [0, 0.1) is 13.8 Å². The van der Waals surface area contributed by atoms with Gasteiger partial charge in [-0.2, -0.15) is 0 Å². The zero-order valence-electron chi connectivity index (χ0n) is 16.1. The Balaban J connectivity index is 1.59. The maximum atomic E-state index is 12.8. The molecule has 0 aliphatic heterocycles. The molecule has 0 saturated heterocycles. The zero-order chi connectivity index (χ0) is 20.0. The summed E-state index contributed by atoms with van der Waals surface area (Å²) in [6.07, 6.45) is 0. The van der Waals surface area contributed by atoms with Crippen molar-refractivity contribution in [2.45, 2.75) is 20.4 Å². The van der Waals surface area contributed by atoms with Gasteiger partial charge in [-0.25, -0.2) is 0 Å². The number of hydrogen-bond acceptors (Lipinski definition) is 4. The Morgan fingerprint density at radius 2 is 1.83 bits per heavy atom. The third-order valence-corrected chi connectivity index (χ3v) is 7.31. The summed E-state index contributed by atoms with van der Waals surface area (Å²) in [5.74, 6) is 0.629. The maximum absolute atomic E-state index is 12.8. The molecule has 3 heterocycles. The van der Waals surface area contributed by atoms with Crippen LogP contribution in [0.15, 0.2) is 59.4 Å². The molecule has 0 bridgehead atoms. The molecule has 0 aliphatic carbocycles. The molecule has 0 aliphatic rings. The van der Waals surface area contributed by atoms with Crippen LogP contribution < -0.4 is 10.9 Å². The number of hydrogen-bond donors (Lipinski definition) is 2. The Morgan fingerprint density at radius 3 is 2.59 bits per heavy atom.